The summed E-state index contributed by atoms with van der Waals surface area (Å²) in [6, 6.07) is 16.6. The summed E-state index contributed by atoms with van der Waals surface area (Å²) in [6.45, 7) is 3.67. The number of benzene rings is 3. The van der Waals surface area contributed by atoms with Crippen molar-refractivity contribution >= 4 is 87.0 Å². The van der Waals surface area contributed by atoms with E-state index in [0.717, 1.165) is 11.1 Å². The molecule has 2 N–H and O–H groups in total. The molecule has 3 aromatic carbocycles. The van der Waals surface area contributed by atoms with E-state index in [0.29, 0.717) is 27.0 Å². The fourth-order valence-electron chi connectivity index (χ4n) is 4.29. The summed E-state index contributed by atoms with van der Waals surface area (Å²) in [6.07, 6.45) is 1.58. The van der Waals surface area contributed by atoms with Gasteiger partial charge in [-0.15, -0.1) is 23.2 Å². The fraction of sp³-hybridized carbons (Fsp3) is 0.207. The maximum atomic E-state index is 13.1. The first-order chi connectivity index (χ1) is 18.3. The van der Waals surface area contributed by atoms with Crippen LogP contribution in [0.1, 0.15) is 41.3 Å². The summed E-state index contributed by atoms with van der Waals surface area (Å²) in [5, 5.41) is 6.63. The van der Waals surface area contributed by atoms with Crippen LogP contribution in [0.15, 0.2) is 72.3 Å². The van der Waals surface area contributed by atoms with Crippen molar-refractivity contribution < 1.29 is 14.4 Å². The highest BCUT2D eigenvalue weighted by molar-refractivity contribution is 6.53. The molecule has 202 valence electrons. The largest absolute Gasteiger partial charge is 0.326 e. The molecule has 0 radical (unpaired) electrons. The third kappa shape index (κ3) is 7.16. The fourth-order valence-corrected chi connectivity index (χ4v) is 5.88. The summed E-state index contributed by atoms with van der Waals surface area (Å²) in [4.78, 5) is 38.0. The Labute approximate surface area is 251 Å². The zero-order chi connectivity index (χ0) is 28.5. The molecule has 0 saturated heterocycles. The number of Topliss-reactive ketones (excluding diaryl/α,β-unsaturated/α-hetero) is 1. The minimum absolute atomic E-state index is 0.0754. The molecule has 0 aliphatic heterocycles. The lowest BCUT2D eigenvalue weighted by molar-refractivity contribution is -0.117. The van der Waals surface area contributed by atoms with Crippen molar-refractivity contribution in [2.75, 3.05) is 10.6 Å². The number of alkyl halides is 2. The molecule has 2 unspecified atom stereocenters. The lowest BCUT2D eigenvalue weighted by Crippen LogP contribution is -2.17. The van der Waals surface area contributed by atoms with Crippen LogP contribution in [0.25, 0.3) is 0 Å². The van der Waals surface area contributed by atoms with Gasteiger partial charge in [0.15, 0.2) is 5.78 Å². The number of hydrogen-bond donors (Lipinski definition) is 2. The number of halogens is 5. The molecule has 1 saturated carbocycles. The van der Waals surface area contributed by atoms with E-state index in [-0.39, 0.29) is 28.7 Å². The van der Waals surface area contributed by atoms with Gasteiger partial charge in [-0.05, 0) is 73.5 Å². The summed E-state index contributed by atoms with van der Waals surface area (Å²) >= 11 is 31.4. The van der Waals surface area contributed by atoms with E-state index in [4.69, 9.17) is 58.0 Å². The van der Waals surface area contributed by atoms with E-state index >= 15 is 0 Å². The molecule has 0 aromatic heterocycles. The number of hydrogen-bond acceptors (Lipinski definition) is 3. The monoisotopic (exact) mass is 622 g/mol. The molecule has 10 heteroatoms. The minimum atomic E-state index is -1.33. The minimum Gasteiger partial charge on any atom is -0.326 e. The lowest BCUT2D eigenvalue weighted by atomic mass is 10.0. The zero-order valence-corrected chi connectivity index (χ0v) is 24.6. The van der Waals surface area contributed by atoms with Gasteiger partial charge in [-0.1, -0.05) is 52.5 Å². The van der Waals surface area contributed by atoms with Crippen molar-refractivity contribution in [1.82, 2.24) is 0 Å². The van der Waals surface area contributed by atoms with Crippen LogP contribution in [-0.2, 0) is 16.0 Å². The first-order valence-electron chi connectivity index (χ1n) is 11.9. The van der Waals surface area contributed by atoms with Gasteiger partial charge in [0.2, 0.25) is 11.8 Å². The predicted molar refractivity (Wildman–Crippen MR) is 160 cm³/mol. The molecule has 0 heterocycles. The Kier molecular flexibility index (Phi) is 8.99. The molecule has 2 amide bonds. The number of rotatable bonds is 8. The van der Waals surface area contributed by atoms with Gasteiger partial charge in [-0.25, -0.2) is 0 Å². The number of anilines is 2. The van der Waals surface area contributed by atoms with Crippen LogP contribution in [-0.4, -0.2) is 21.9 Å². The van der Waals surface area contributed by atoms with Gasteiger partial charge in [0.1, 0.15) is 4.33 Å². The van der Waals surface area contributed by atoms with Crippen LogP contribution in [0, 0.1) is 5.92 Å². The quantitative estimate of drug-likeness (QED) is 0.150. The molecular formula is C29H23Cl5N2O3. The smallest absolute Gasteiger partial charge is 0.248 e. The van der Waals surface area contributed by atoms with Crippen molar-refractivity contribution in [3.8, 4) is 0 Å². The van der Waals surface area contributed by atoms with Crippen molar-refractivity contribution in [3.63, 3.8) is 0 Å². The molecule has 39 heavy (non-hydrogen) atoms. The number of nitrogens with one attached hydrogen (secondary N) is 2. The third-order valence-electron chi connectivity index (χ3n) is 6.12. The summed E-state index contributed by atoms with van der Waals surface area (Å²) in [5.41, 5.74) is 3.53. The highest BCUT2D eigenvalue weighted by atomic mass is 35.5. The van der Waals surface area contributed by atoms with Gasteiger partial charge >= 0.3 is 0 Å². The van der Waals surface area contributed by atoms with Crippen molar-refractivity contribution in [2.45, 2.75) is 30.5 Å². The first kappa shape index (κ1) is 29.4. The second kappa shape index (κ2) is 11.9. The number of ketones is 1. The topological polar surface area (TPSA) is 75.3 Å². The van der Waals surface area contributed by atoms with Crippen LogP contribution in [0.4, 0.5) is 11.4 Å². The average molecular weight is 625 g/mol. The Morgan fingerprint density at radius 2 is 1.46 bits per heavy atom. The highest BCUT2D eigenvalue weighted by Crippen LogP contribution is 2.65. The van der Waals surface area contributed by atoms with Crippen LogP contribution in [0.5, 0.6) is 0 Å². The molecule has 0 spiro atoms. The summed E-state index contributed by atoms with van der Waals surface area (Å²) in [5.74, 6) is -2.12. The second-order valence-corrected chi connectivity index (χ2v) is 12.2. The van der Waals surface area contributed by atoms with Gasteiger partial charge in [0, 0.05) is 45.4 Å². The molecule has 3 aromatic rings. The first-order valence-corrected chi connectivity index (χ1v) is 13.8. The molecule has 1 fully saturated rings. The zero-order valence-electron chi connectivity index (χ0n) is 20.8. The van der Waals surface area contributed by atoms with Gasteiger partial charge < -0.3 is 10.6 Å². The van der Waals surface area contributed by atoms with Gasteiger partial charge in [-0.3, -0.25) is 14.4 Å². The van der Waals surface area contributed by atoms with E-state index in [2.05, 4.69) is 10.6 Å². The Morgan fingerprint density at radius 3 is 2.08 bits per heavy atom. The molecule has 5 nitrogen and oxygen atoms in total. The standard InChI is InChI=1S/C29H23Cl5N2O3/c1-15(2)9-25(38)35-20-5-3-16(4-6-20)10-24(37)22-14-21(7-8-23(22)32)36-28(39)27-26(29(27,33)34)17-11-18(30)13-19(31)12-17/h3-9,11-14,26-27H,10H2,1-2H3,(H,35,38)(H,36,39). The number of amides is 2. The molecule has 1 aliphatic carbocycles. The van der Waals surface area contributed by atoms with Crippen LogP contribution in [0.2, 0.25) is 15.1 Å². The van der Waals surface area contributed by atoms with Crippen molar-refractivity contribution in [1.29, 1.82) is 0 Å². The Hall–Kier alpha value is -2.54. The number of carbonyl (C=O) groups excluding carboxylic acids is 3. The predicted octanol–water partition coefficient (Wildman–Crippen LogP) is 8.50. The van der Waals surface area contributed by atoms with E-state index in [1.807, 2.05) is 13.8 Å². The number of carbonyl (C=O) groups is 3. The normalized spacial score (nSPS) is 17.2. The SMILES string of the molecule is CC(C)=CC(=O)Nc1ccc(CC(=O)c2cc(NC(=O)C3C(c4cc(Cl)cc(Cl)c4)C3(Cl)Cl)ccc2Cl)cc1. The maximum absolute atomic E-state index is 13.1. The molecule has 0 bridgehead atoms. The van der Waals surface area contributed by atoms with Crippen LogP contribution >= 0.6 is 58.0 Å². The maximum Gasteiger partial charge on any atom is 0.248 e. The average Bonchev–Trinajstić information content (AvgIpc) is 3.42. The molecule has 2 atom stereocenters. The lowest BCUT2D eigenvalue weighted by Gasteiger charge is -2.10. The Morgan fingerprint density at radius 1 is 0.846 bits per heavy atom. The van der Waals surface area contributed by atoms with Gasteiger partial charge in [0.05, 0.1) is 10.9 Å². The van der Waals surface area contributed by atoms with E-state index < -0.39 is 22.1 Å². The van der Waals surface area contributed by atoms with E-state index in [1.54, 1.807) is 54.6 Å². The molecule has 1 aliphatic rings. The van der Waals surface area contributed by atoms with E-state index in [1.165, 1.54) is 12.1 Å². The summed E-state index contributed by atoms with van der Waals surface area (Å²) in [7, 11) is 0. The highest BCUT2D eigenvalue weighted by Gasteiger charge is 2.67. The van der Waals surface area contributed by atoms with Gasteiger partial charge in [-0.2, -0.15) is 0 Å². The van der Waals surface area contributed by atoms with Gasteiger partial charge in [0.25, 0.3) is 0 Å². The molecular weight excluding hydrogens is 602 g/mol. The van der Waals surface area contributed by atoms with Crippen molar-refractivity contribution in [2.24, 2.45) is 5.92 Å². The number of allylic oxidation sites excluding steroid dienone is 1. The summed E-state index contributed by atoms with van der Waals surface area (Å²) < 4.78 is -1.33. The van der Waals surface area contributed by atoms with Crippen LogP contribution < -0.4 is 10.6 Å². The molecule has 4 rings (SSSR count). The Bertz CT molecular complexity index is 1460. The van der Waals surface area contributed by atoms with E-state index in [9.17, 15) is 14.4 Å². The van der Waals surface area contributed by atoms with Crippen LogP contribution in [0.3, 0.4) is 0 Å². The third-order valence-corrected chi connectivity index (χ3v) is 7.83. The second-order valence-electron chi connectivity index (χ2n) is 9.52. The Balaban J connectivity index is 1.43. The van der Waals surface area contributed by atoms with Crippen molar-refractivity contribution in [3.05, 3.63) is 104 Å².